The molecule has 5 unspecified atom stereocenters. The summed E-state index contributed by atoms with van der Waals surface area (Å²) in [6.45, 7) is 4.17. The van der Waals surface area contributed by atoms with Gasteiger partial charge in [0.05, 0.1) is 5.92 Å². The molecule has 27 heavy (non-hydrogen) atoms. The van der Waals surface area contributed by atoms with Gasteiger partial charge in [-0.05, 0) is 39.5 Å². The summed E-state index contributed by atoms with van der Waals surface area (Å²) < 4.78 is 84.4. The van der Waals surface area contributed by atoms with Crippen molar-refractivity contribution >= 4 is 5.97 Å². The highest BCUT2D eigenvalue weighted by Crippen LogP contribution is 2.50. The number of hydrogen-bond acceptors (Lipinski definition) is 4. The first-order valence-corrected chi connectivity index (χ1v) is 8.73. The number of halogens is 6. The number of carbonyl (C=O) groups excluding carboxylic acids is 1. The Morgan fingerprint density at radius 2 is 1.33 bits per heavy atom. The number of carbonyl (C=O) groups is 1. The third-order valence-electron chi connectivity index (χ3n) is 5.70. The minimum atomic E-state index is -5.09. The van der Waals surface area contributed by atoms with Crippen molar-refractivity contribution in [2.75, 3.05) is 0 Å². The van der Waals surface area contributed by atoms with Gasteiger partial charge in [-0.15, -0.1) is 0 Å². The number of aliphatic hydroxyl groups is 2. The second-order valence-corrected chi connectivity index (χ2v) is 7.76. The molecule has 1 rings (SSSR count). The number of hydrogen-bond donors (Lipinski definition) is 2. The zero-order valence-corrected chi connectivity index (χ0v) is 15.6. The predicted molar refractivity (Wildman–Crippen MR) is 83.5 cm³/mol. The molecule has 10 heteroatoms. The van der Waals surface area contributed by atoms with Gasteiger partial charge in [0.25, 0.3) is 0 Å². The quantitative estimate of drug-likeness (QED) is 0.533. The molecular formula is C17H26F6O4. The standard InChI is InChI=1S/C17H26F6O4/c1-5-9(2)13(24)27-12-7-10(14(3,25)16(18,19)20)6-11(8-12)15(4,26)17(21,22)23/h9-12,25-26H,5-8H2,1-4H3. The van der Waals surface area contributed by atoms with Crippen molar-refractivity contribution in [2.24, 2.45) is 17.8 Å². The molecule has 4 nitrogen and oxygen atoms in total. The smallest absolute Gasteiger partial charge is 0.417 e. The lowest BCUT2D eigenvalue weighted by molar-refractivity contribution is -0.299. The Hall–Kier alpha value is -1.03. The molecule has 0 aromatic carbocycles. The molecule has 0 spiro atoms. The van der Waals surface area contributed by atoms with Gasteiger partial charge in [-0.3, -0.25) is 4.79 Å². The van der Waals surface area contributed by atoms with E-state index in [9.17, 15) is 41.4 Å². The minimum absolute atomic E-state index is 0.388. The van der Waals surface area contributed by atoms with Gasteiger partial charge in [0, 0.05) is 11.8 Å². The Labute approximate surface area is 153 Å². The summed E-state index contributed by atoms with van der Waals surface area (Å²) in [4.78, 5) is 12.0. The van der Waals surface area contributed by atoms with E-state index < -0.39 is 72.6 Å². The summed E-state index contributed by atoms with van der Waals surface area (Å²) in [7, 11) is 0. The van der Waals surface area contributed by atoms with Crippen LogP contribution in [0.2, 0.25) is 0 Å². The van der Waals surface area contributed by atoms with Crippen LogP contribution >= 0.6 is 0 Å². The SMILES string of the molecule is CCC(C)C(=O)OC1CC(C(C)(O)C(F)(F)F)CC(C(C)(O)C(F)(F)F)C1. The summed E-state index contributed by atoms with van der Waals surface area (Å²) in [5, 5.41) is 19.9. The Bertz CT molecular complexity index is 492. The number of ether oxygens (including phenoxy) is 1. The zero-order valence-electron chi connectivity index (χ0n) is 15.6. The first-order chi connectivity index (χ1) is 11.9. The lowest BCUT2D eigenvalue weighted by Crippen LogP contribution is -2.57. The monoisotopic (exact) mass is 408 g/mol. The van der Waals surface area contributed by atoms with Crippen LogP contribution in [0.1, 0.15) is 53.4 Å². The van der Waals surface area contributed by atoms with Crippen molar-refractivity contribution in [2.45, 2.75) is 83.0 Å². The molecule has 0 heterocycles. The molecule has 1 aliphatic rings. The Morgan fingerprint density at radius 3 is 1.63 bits per heavy atom. The van der Waals surface area contributed by atoms with Crippen LogP contribution in [0.4, 0.5) is 26.3 Å². The van der Waals surface area contributed by atoms with Gasteiger partial charge < -0.3 is 14.9 Å². The van der Waals surface area contributed by atoms with Gasteiger partial charge in [-0.1, -0.05) is 13.8 Å². The molecule has 0 aromatic rings. The fourth-order valence-electron chi connectivity index (χ4n) is 3.19. The molecule has 160 valence electrons. The lowest BCUT2D eigenvalue weighted by atomic mass is 9.67. The summed E-state index contributed by atoms with van der Waals surface area (Å²) in [6.07, 6.45) is -12.7. The van der Waals surface area contributed by atoms with Gasteiger partial charge in [-0.2, -0.15) is 26.3 Å². The molecule has 1 fully saturated rings. The maximum absolute atomic E-state index is 13.2. The molecule has 0 bridgehead atoms. The van der Waals surface area contributed by atoms with E-state index in [-0.39, 0.29) is 0 Å². The maximum atomic E-state index is 13.2. The fraction of sp³-hybridized carbons (Fsp3) is 0.941. The second kappa shape index (κ2) is 7.77. The molecule has 0 saturated heterocycles. The van der Waals surface area contributed by atoms with Crippen molar-refractivity contribution in [1.82, 2.24) is 0 Å². The molecule has 1 aliphatic carbocycles. The Morgan fingerprint density at radius 1 is 0.963 bits per heavy atom. The van der Waals surface area contributed by atoms with Gasteiger partial charge >= 0.3 is 18.3 Å². The van der Waals surface area contributed by atoms with E-state index in [1.807, 2.05) is 0 Å². The summed E-state index contributed by atoms with van der Waals surface area (Å²) >= 11 is 0. The maximum Gasteiger partial charge on any atom is 0.417 e. The first-order valence-electron chi connectivity index (χ1n) is 8.73. The highest BCUT2D eigenvalue weighted by Gasteiger charge is 2.61. The molecule has 0 amide bonds. The minimum Gasteiger partial charge on any atom is -0.462 e. The van der Waals surface area contributed by atoms with Gasteiger partial charge in [-0.25, -0.2) is 0 Å². The van der Waals surface area contributed by atoms with E-state index in [1.165, 1.54) is 6.92 Å². The Kier molecular flexibility index (Phi) is 6.91. The van der Waals surface area contributed by atoms with Gasteiger partial charge in [0.1, 0.15) is 6.10 Å². The number of esters is 1. The lowest BCUT2D eigenvalue weighted by Gasteiger charge is -2.46. The van der Waals surface area contributed by atoms with Crippen LogP contribution in [-0.4, -0.2) is 45.8 Å². The van der Waals surface area contributed by atoms with E-state index in [1.54, 1.807) is 6.92 Å². The third kappa shape index (κ3) is 5.07. The van der Waals surface area contributed by atoms with Crippen molar-refractivity contribution in [1.29, 1.82) is 0 Å². The van der Waals surface area contributed by atoms with E-state index in [0.717, 1.165) is 0 Å². The first kappa shape index (κ1) is 24.0. The topological polar surface area (TPSA) is 66.8 Å². The Balaban J connectivity index is 3.19. The normalized spacial score (nSPS) is 30.1. The van der Waals surface area contributed by atoms with E-state index in [2.05, 4.69) is 0 Å². The van der Waals surface area contributed by atoms with E-state index >= 15 is 0 Å². The van der Waals surface area contributed by atoms with Crippen molar-refractivity contribution in [3.8, 4) is 0 Å². The largest absolute Gasteiger partial charge is 0.462 e. The van der Waals surface area contributed by atoms with E-state index in [4.69, 9.17) is 4.74 Å². The van der Waals surface area contributed by atoms with Crippen LogP contribution in [0.15, 0.2) is 0 Å². The second-order valence-electron chi connectivity index (χ2n) is 7.76. The van der Waals surface area contributed by atoms with Crippen molar-refractivity contribution in [3.05, 3.63) is 0 Å². The highest BCUT2D eigenvalue weighted by molar-refractivity contribution is 5.72. The molecule has 0 aromatic heterocycles. The van der Waals surface area contributed by atoms with Crippen LogP contribution in [0.25, 0.3) is 0 Å². The molecular weight excluding hydrogens is 382 g/mol. The highest BCUT2D eigenvalue weighted by atomic mass is 19.4. The van der Waals surface area contributed by atoms with Crippen LogP contribution in [-0.2, 0) is 9.53 Å². The number of alkyl halides is 6. The van der Waals surface area contributed by atoms with Crippen molar-refractivity contribution in [3.63, 3.8) is 0 Å². The summed E-state index contributed by atoms with van der Waals surface area (Å²) in [5.74, 6) is -4.64. The average molecular weight is 408 g/mol. The number of rotatable bonds is 5. The summed E-state index contributed by atoms with van der Waals surface area (Å²) in [5.41, 5.74) is -6.57. The zero-order chi connectivity index (χ0) is 21.4. The van der Waals surface area contributed by atoms with Crippen LogP contribution in [0, 0.1) is 17.8 Å². The molecule has 0 radical (unpaired) electrons. The molecule has 5 atom stereocenters. The van der Waals surface area contributed by atoms with Gasteiger partial charge in [0.15, 0.2) is 11.2 Å². The van der Waals surface area contributed by atoms with E-state index in [0.29, 0.717) is 20.3 Å². The van der Waals surface area contributed by atoms with Crippen LogP contribution < -0.4 is 0 Å². The fourth-order valence-corrected chi connectivity index (χ4v) is 3.19. The van der Waals surface area contributed by atoms with Gasteiger partial charge in [0.2, 0.25) is 0 Å². The predicted octanol–water partition coefficient (Wildman–Crippen LogP) is 3.99. The third-order valence-corrected chi connectivity index (χ3v) is 5.70. The molecule has 1 saturated carbocycles. The van der Waals surface area contributed by atoms with Crippen molar-refractivity contribution < 1.29 is 46.1 Å². The average Bonchev–Trinajstić information content (AvgIpc) is 2.51. The molecule has 2 N–H and O–H groups in total. The summed E-state index contributed by atoms with van der Waals surface area (Å²) in [6, 6.07) is 0. The molecule has 0 aliphatic heterocycles. The van der Waals surface area contributed by atoms with Crippen LogP contribution in [0.5, 0.6) is 0 Å². The van der Waals surface area contributed by atoms with Crippen LogP contribution in [0.3, 0.4) is 0 Å².